The summed E-state index contributed by atoms with van der Waals surface area (Å²) < 4.78 is 5.58. The van der Waals surface area contributed by atoms with Gasteiger partial charge in [0.2, 0.25) is 0 Å². The summed E-state index contributed by atoms with van der Waals surface area (Å²) in [5.41, 5.74) is 8.39. The van der Waals surface area contributed by atoms with Crippen molar-refractivity contribution in [2.45, 2.75) is 110 Å². The number of benzene rings is 1. The molecule has 5 nitrogen and oxygen atoms in total. The summed E-state index contributed by atoms with van der Waals surface area (Å²) in [6.07, 6.45) is 9.60. The average molecular weight is 495 g/mol. The van der Waals surface area contributed by atoms with Gasteiger partial charge in [-0.15, -0.1) is 0 Å². The van der Waals surface area contributed by atoms with Gasteiger partial charge in [0.05, 0.1) is 6.10 Å². The van der Waals surface area contributed by atoms with E-state index in [1.54, 1.807) is 0 Å². The minimum Gasteiger partial charge on any atom is -0.444 e. The maximum Gasteiger partial charge on any atom is 0.410 e. The molecule has 0 bridgehead atoms. The Kier molecular flexibility index (Phi) is 6.78. The summed E-state index contributed by atoms with van der Waals surface area (Å²) in [5, 5.41) is 10.2. The fourth-order valence-corrected chi connectivity index (χ4v) is 7.33. The summed E-state index contributed by atoms with van der Waals surface area (Å²) in [6, 6.07) is 3.11. The molecule has 1 amide bonds. The van der Waals surface area contributed by atoms with E-state index in [1.165, 1.54) is 65.5 Å². The number of hydrogen-bond acceptors (Lipinski definition) is 4. The zero-order valence-corrected chi connectivity index (χ0v) is 23.3. The number of nitrogens with zero attached hydrogens (tertiary/aromatic N) is 2. The molecule has 36 heavy (non-hydrogen) atoms. The molecule has 5 heteroatoms. The van der Waals surface area contributed by atoms with E-state index in [1.807, 2.05) is 25.7 Å². The van der Waals surface area contributed by atoms with Gasteiger partial charge in [0, 0.05) is 24.5 Å². The number of amides is 1. The van der Waals surface area contributed by atoms with Crippen molar-refractivity contribution in [3.05, 3.63) is 40.0 Å². The second kappa shape index (κ2) is 9.47. The molecular weight excluding hydrogens is 448 g/mol. The van der Waals surface area contributed by atoms with Gasteiger partial charge < -0.3 is 19.6 Å². The highest BCUT2D eigenvalue weighted by Gasteiger charge is 2.51. The lowest BCUT2D eigenvalue weighted by molar-refractivity contribution is -0.0347. The third-order valence-electron chi connectivity index (χ3n) is 9.47. The predicted molar refractivity (Wildman–Crippen MR) is 145 cm³/mol. The first kappa shape index (κ1) is 25.8. The van der Waals surface area contributed by atoms with E-state index in [0.717, 1.165) is 39.0 Å². The first-order chi connectivity index (χ1) is 16.9. The normalized spacial score (nSPS) is 26.9. The fourth-order valence-electron chi connectivity index (χ4n) is 7.33. The van der Waals surface area contributed by atoms with Crippen molar-refractivity contribution in [3.8, 4) is 0 Å². The molecule has 4 aliphatic rings. The van der Waals surface area contributed by atoms with E-state index in [0.29, 0.717) is 17.4 Å². The minimum atomic E-state index is -0.426. The predicted octanol–water partition coefficient (Wildman–Crippen LogP) is 6.12. The SMILES string of the molecule is Cc1cc(C2CCN([C@@H]3CCC4(C3)CN(C(=O)OC(C)(C)C)C4)CC2)c(C2=CCC(O)C2)c(C)c1C. The van der Waals surface area contributed by atoms with E-state index in [9.17, 15) is 9.90 Å². The zero-order chi connectivity index (χ0) is 25.8. The average Bonchev–Trinajstić information content (AvgIpc) is 3.42. The summed E-state index contributed by atoms with van der Waals surface area (Å²) in [4.78, 5) is 17.1. The molecule has 1 unspecified atom stereocenters. The van der Waals surface area contributed by atoms with Crippen molar-refractivity contribution in [2.75, 3.05) is 26.2 Å². The Balaban J connectivity index is 1.21. The number of carbonyl (C=O) groups is 1. The number of hydrogen-bond donors (Lipinski definition) is 1. The molecule has 2 aliphatic carbocycles. The molecule has 3 fully saturated rings. The molecule has 198 valence electrons. The lowest BCUT2D eigenvalue weighted by Crippen LogP contribution is -2.58. The highest BCUT2D eigenvalue weighted by molar-refractivity contribution is 5.75. The van der Waals surface area contributed by atoms with E-state index in [2.05, 4.69) is 37.8 Å². The quantitative estimate of drug-likeness (QED) is 0.550. The molecular formula is C31H46N2O3. The van der Waals surface area contributed by atoms with Crippen molar-refractivity contribution in [1.29, 1.82) is 0 Å². The van der Waals surface area contributed by atoms with Crippen LogP contribution in [0.15, 0.2) is 12.1 Å². The Morgan fingerprint density at radius 3 is 2.39 bits per heavy atom. The largest absolute Gasteiger partial charge is 0.444 e. The van der Waals surface area contributed by atoms with Gasteiger partial charge in [-0.1, -0.05) is 12.1 Å². The molecule has 2 aliphatic heterocycles. The highest BCUT2D eigenvalue weighted by Crippen LogP contribution is 2.48. The summed E-state index contributed by atoms with van der Waals surface area (Å²) in [7, 11) is 0. The van der Waals surface area contributed by atoms with Crippen LogP contribution in [-0.2, 0) is 4.74 Å². The van der Waals surface area contributed by atoms with E-state index in [-0.39, 0.29) is 12.2 Å². The standard InChI is InChI=1S/C31H46N2O3/c1-20-15-27(28(22(3)21(20)2)24-7-8-26(34)16-24)23-10-13-32(14-11-23)25-9-12-31(17-25)18-33(19-31)29(35)36-30(4,5)6/h7,15,23,25-26,34H,8-14,16-19H2,1-6H3/t25-,26?/m1/s1. The summed E-state index contributed by atoms with van der Waals surface area (Å²) in [5.74, 6) is 0.592. The van der Waals surface area contributed by atoms with Gasteiger partial charge in [0.1, 0.15) is 5.60 Å². The monoisotopic (exact) mass is 494 g/mol. The number of carbonyl (C=O) groups excluding carboxylic acids is 1. The molecule has 2 saturated heterocycles. The van der Waals surface area contributed by atoms with E-state index >= 15 is 0 Å². The molecule has 1 saturated carbocycles. The Morgan fingerprint density at radius 1 is 1.08 bits per heavy atom. The first-order valence-electron chi connectivity index (χ1n) is 14.1. The molecule has 0 radical (unpaired) electrons. The second-order valence-electron chi connectivity index (χ2n) is 13.3. The third-order valence-corrected chi connectivity index (χ3v) is 9.47. The minimum absolute atomic E-state index is 0.151. The van der Waals surface area contributed by atoms with Crippen molar-refractivity contribution in [1.82, 2.24) is 9.80 Å². The third kappa shape index (κ3) is 4.98. The number of ether oxygens (including phenoxy) is 1. The second-order valence-corrected chi connectivity index (χ2v) is 13.3. The van der Waals surface area contributed by atoms with Crippen LogP contribution in [0.4, 0.5) is 4.79 Å². The lowest BCUT2D eigenvalue weighted by Gasteiger charge is -2.48. The lowest BCUT2D eigenvalue weighted by atomic mass is 9.78. The van der Waals surface area contributed by atoms with Gasteiger partial charge in [-0.25, -0.2) is 4.79 Å². The van der Waals surface area contributed by atoms with Crippen molar-refractivity contribution < 1.29 is 14.6 Å². The van der Waals surface area contributed by atoms with Crippen LogP contribution in [0.5, 0.6) is 0 Å². The maximum atomic E-state index is 12.4. The molecule has 5 rings (SSSR count). The zero-order valence-electron chi connectivity index (χ0n) is 23.3. The molecule has 1 aromatic rings. The van der Waals surface area contributed by atoms with Crippen LogP contribution >= 0.6 is 0 Å². The molecule has 1 spiro atoms. The number of rotatable bonds is 3. The Bertz CT molecular complexity index is 1040. The van der Waals surface area contributed by atoms with Crippen molar-refractivity contribution >= 4 is 11.7 Å². The van der Waals surface area contributed by atoms with Crippen molar-refractivity contribution in [2.24, 2.45) is 5.41 Å². The number of aliphatic hydroxyl groups excluding tert-OH is 1. The number of piperidine rings is 1. The van der Waals surface area contributed by atoms with Crippen LogP contribution in [0.3, 0.4) is 0 Å². The molecule has 2 heterocycles. The Morgan fingerprint density at radius 2 is 1.78 bits per heavy atom. The topological polar surface area (TPSA) is 53.0 Å². The molecule has 1 aromatic carbocycles. The van der Waals surface area contributed by atoms with Crippen LogP contribution in [0.1, 0.15) is 99.5 Å². The van der Waals surface area contributed by atoms with Gasteiger partial charge in [0.25, 0.3) is 0 Å². The fraction of sp³-hybridized carbons (Fsp3) is 0.710. The molecule has 0 aromatic heterocycles. The summed E-state index contributed by atoms with van der Waals surface area (Å²) >= 11 is 0. The number of likely N-dealkylation sites (tertiary alicyclic amines) is 2. The smallest absolute Gasteiger partial charge is 0.410 e. The van der Waals surface area contributed by atoms with Crippen LogP contribution in [0, 0.1) is 26.2 Å². The van der Waals surface area contributed by atoms with Gasteiger partial charge in [-0.2, -0.15) is 0 Å². The molecule has 2 atom stereocenters. The van der Waals surface area contributed by atoms with Crippen LogP contribution in [0.2, 0.25) is 0 Å². The van der Waals surface area contributed by atoms with Gasteiger partial charge >= 0.3 is 6.09 Å². The van der Waals surface area contributed by atoms with Crippen LogP contribution < -0.4 is 0 Å². The van der Waals surface area contributed by atoms with Gasteiger partial charge in [0.15, 0.2) is 0 Å². The number of aliphatic hydroxyl groups is 1. The van der Waals surface area contributed by atoms with Crippen LogP contribution in [0.25, 0.3) is 5.57 Å². The highest BCUT2D eigenvalue weighted by atomic mass is 16.6. The molecule has 1 N–H and O–H groups in total. The van der Waals surface area contributed by atoms with Gasteiger partial charge in [-0.05, 0) is 139 Å². The Labute approximate surface area is 217 Å². The first-order valence-corrected chi connectivity index (χ1v) is 14.1. The number of aryl methyl sites for hydroxylation is 1. The summed E-state index contributed by atoms with van der Waals surface area (Å²) in [6.45, 7) is 16.6. The Hall–Kier alpha value is -1.85. The van der Waals surface area contributed by atoms with Crippen molar-refractivity contribution in [3.63, 3.8) is 0 Å². The van der Waals surface area contributed by atoms with E-state index < -0.39 is 5.60 Å². The van der Waals surface area contributed by atoms with Gasteiger partial charge in [-0.3, -0.25) is 0 Å². The maximum absolute atomic E-state index is 12.4. The van der Waals surface area contributed by atoms with E-state index in [4.69, 9.17) is 4.74 Å². The van der Waals surface area contributed by atoms with Crippen LogP contribution in [-0.4, -0.2) is 64.9 Å².